The fourth-order valence-electron chi connectivity index (χ4n) is 4.13. The van der Waals surface area contributed by atoms with Gasteiger partial charge in [-0.25, -0.2) is 4.98 Å². The molecule has 0 aliphatic rings. The van der Waals surface area contributed by atoms with Crippen molar-refractivity contribution in [3.05, 3.63) is 99.3 Å². The van der Waals surface area contributed by atoms with Gasteiger partial charge in [0.15, 0.2) is 0 Å². The molecule has 0 aliphatic heterocycles. The minimum Gasteiger partial charge on any atom is -0.352 e. The molecule has 0 aliphatic carbocycles. The van der Waals surface area contributed by atoms with Crippen molar-refractivity contribution in [3.8, 4) is 0 Å². The number of aromatic nitrogens is 2. The van der Waals surface area contributed by atoms with Gasteiger partial charge in [-0.15, -0.1) is 0 Å². The van der Waals surface area contributed by atoms with Crippen LogP contribution < -0.4 is 5.32 Å². The van der Waals surface area contributed by atoms with E-state index in [1.54, 1.807) is 24.3 Å². The second kappa shape index (κ2) is 8.94. The normalized spacial score (nSPS) is 11.1. The number of halogens is 1. The van der Waals surface area contributed by atoms with Gasteiger partial charge in [0.05, 0.1) is 11.0 Å². The van der Waals surface area contributed by atoms with Crippen LogP contribution in [-0.2, 0) is 13.0 Å². The van der Waals surface area contributed by atoms with E-state index in [4.69, 9.17) is 16.6 Å². The van der Waals surface area contributed by atoms with Crippen LogP contribution in [0.25, 0.3) is 11.0 Å². The van der Waals surface area contributed by atoms with Gasteiger partial charge >= 0.3 is 0 Å². The van der Waals surface area contributed by atoms with Gasteiger partial charge in [0, 0.05) is 30.1 Å². The van der Waals surface area contributed by atoms with Crippen molar-refractivity contribution in [3.63, 3.8) is 0 Å². The number of amides is 1. The van der Waals surface area contributed by atoms with Gasteiger partial charge < -0.3 is 9.88 Å². The molecule has 0 saturated carbocycles. The highest BCUT2D eigenvalue weighted by Gasteiger charge is 2.14. The van der Waals surface area contributed by atoms with Crippen LogP contribution >= 0.6 is 11.6 Å². The lowest BCUT2D eigenvalue weighted by Crippen LogP contribution is -2.26. The monoisotopic (exact) mass is 431 g/mol. The van der Waals surface area contributed by atoms with E-state index in [1.165, 1.54) is 22.3 Å². The third-order valence-electron chi connectivity index (χ3n) is 5.61. The molecule has 0 atom stereocenters. The number of rotatable bonds is 6. The number of nitrogens with one attached hydrogen (secondary N) is 1. The summed E-state index contributed by atoms with van der Waals surface area (Å²) >= 11 is 6.00. The second-order valence-electron chi connectivity index (χ2n) is 8.00. The van der Waals surface area contributed by atoms with Crippen LogP contribution in [0.3, 0.4) is 0 Å². The summed E-state index contributed by atoms with van der Waals surface area (Å²) in [6.45, 7) is 7.72. The number of aryl methyl sites for hydroxylation is 3. The number of benzene rings is 3. The molecular weight excluding hydrogens is 406 g/mol. The molecule has 0 spiro atoms. The summed E-state index contributed by atoms with van der Waals surface area (Å²) in [6, 6.07) is 19.6. The molecule has 31 heavy (non-hydrogen) atoms. The van der Waals surface area contributed by atoms with Crippen molar-refractivity contribution in [2.75, 3.05) is 6.54 Å². The van der Waals surface area contributed by atoms with Crippen molar-refractivity contribution >= 4 is 28.5 Å². The molecule has 1 heterocycles. The van der Waals surface area contributed by atoms with E-state index in [0.717, 1.165) is 23.4 Å². The summed E-state index contributed by atoms with van der Waals surface area (Å²) in [5, 5.41) is 3.54. The van der Waals surface area contributed by atoms with Gasteiger partial charge in [0.2, 0.25) is 0 Å². The van der Waals surface area contributed by atoms with Crippen LogP contribution in [0.1, 0.15) is 38.4 Å². The summed E-state index contributed by atoms with van der Waals surface area (Å²) in [5.41, 5.74) is 7.81. The summed E-state index contributed by atoms with van der Waals surface area (Å²) in [7, 11) is 0. The Kier molecular flexibility index (Phi) is 6.10. The fourth-order valence-corrected chi connectivity index (χ4v) is 4.32. The molecule has 1 aromatic heterocycles. The number of hydrogen-bond acceptors (Lipinski definition) is 2. The average Bonchev–Trinajstić information content (AvgIpc) is 3.07. The first kappa shape index (κ1) is 21.1. The Morgan fingerprint density at radius 3 is 2.48 bits per heavy atom. The van der Waals surface area contributed by atoms with Crippen molar-refractivity contribution in [1.29, 1.82) is 0 Å². The molecule has 4 aromatic rings. The predicted octanol–water partition coefficient (Wildman–Crippen LogP) is 5.64. The van der Waals surface area contributed by atoms with Gasteiger partial charge in [-0.1, -0.05) is 47.5 Å². The van der Waals surface area contributed by atoms with Gasteiger partial charge in [-0.2, -0.15) is 0 Å². The molecule has 0 saturated heterocycles. The first-order valence-corrected chi connectivity index (χ1v) is 10.8. The predicted molar refractivity (Wildman–Crippen MR) is 127 cm³/mol. The molecule has 3 aromatic carbocycles. The Hall–Kier alpha value is -3.11. The molecule has 5 heteroatoms. The van der Waals surface area contributed by atoms with Gasteiger partial charge in [-0.3, -0.25) is 4.79 Å². The third kappa shape index (κ3) is 4.64. The molecule has 0 bridgehead atoms. The Bertz CT molecular complexity index is 1240. The lowest BCUT2D eigenvalue weighted by atomic mass is 9.99. The summed E-state index contributed by atoms with van der Waals surface area (Å²) in [6.07, 6.45) is 0.644. The van der Waals surface area contributed by atoms with Crippen LogP contribution in [0.15, 0.2) is 60.7 Å². The van der Waals surface area contributed by atoms with E-state index in [2.05, 4.69) is 48.9 Å². The molecule has 4 nitrogen and oxygen atoms in total. The Labute approximate surface area is 187 Å². The third-order valence-corrected chi connectivity index (χ3v) is 5.85. The van der Waals surface area contributed by atoms with Crippen LogP contribution in [-0.4, -0.2) is 22.0 Å². The minimum absolute atomic E-state index is 0.129. The number of para-hydroxylation sites is 2. The zero-order chi connectivity index (χ0) is 22.0. The number of nitrogens with zero attached hydrogens (tertiary/aromatic N) is 2. The van der Waals surface area contributed by atoms with Crippen LogP contribution in [0.5, 0.6) is 0 Å². The van der Waals surface area contributed by atoms with Gasteiger partial charge in [0.1, 0.15) is 5.82 Å². The van der Waals surface area contributed by atoms with Crippen molar-refractivity contribution in [2.24, 2.45) is 0 Å². The summed E-state index contributed by atoms with van der Waals surface area (Å²) in [5.74, 6) is 0.836. The Balaban J connectivity index is 1.58. The highest BCUT2D eigenvalue weighted by molar-refractivity contribution is 6.30. The molecule has 0 fully saturated rings. The maximum atomic E-state index is 12.5. The largest absolute Gasteiger partial charge is 0.352 e. The van der Waals surface area contributed by atoms with E-state index in [-0.39, 0.29) is 5.91 Å². The van der Waals surface area contributed by atoms with Crippen LogP contribution in [0.2, 0.25) is 5.02 Å². The van der Waals surface area contributed by atoms with E-state index >= 15 is 0 Å². The standard InChI is InChI=1S/C26H26ClN3O/c1-17-13-18(2)22(19(3)14-17)16-30-24-10-5-4-9-23(24)29-25(30)11-12-28-26(31)20-7-6-8-21(27)15-20/h4-10,13-15H,11-12,16H2,1-3H3,(H,28,31). The first-order valence-electron chi connectivity index (χ1n) is 10.5. The topological polar surface area (TPSA) is 46.9 Å². The Morgan fingerprint density at radius 2 is 1.74 bits per heavy atom. The fraction of sp³-hybridized carbons (Fsp3) is 0.231. The minimum atomic E-state index is -0.129. The van der Waals surface area contributed by atoms with E-state index < -0.39 is 0 Å². The second-order valence-corrected chi connectivity index (χ2v) is 8.43. The number of carbonyl (C=O) groups is 1. The maximum absolute atomic E-state index is 12.5. The maximum Gasteiger partial charge on any atom is 0.251 e. The summed E-state index contributed by atoms with van der Waals surface area (Å²) < 4.78 is 2.27. The molecule has 4 rings (SSSR count). The molecular formula is C26H26ClN3O. The van der Waals surface area contributed by atoms with Crippen LogP contribution in [0.4, 0.5) is 0 Å². The molecule has 0 radical (unpaired) electrons. The molecule has 1 amide bonds. The van der Waals surface area contributed by atoms with Gasteiger partial charge in [-0.05, 0) is 67.8 Å². The van der Waals surface area contributed by atoms with Crippen LogP contribution in [0, 0.1) is 20.8 Å². The van der Waals surface area contributed by atoms with Crippen molar-refractivity contribution in [1.82, 2.24) is 14.9 Å². The van der Waals surface area contributed by atoms with E-state index in [0.29, 0.717) is 23.6 Å². The number of imidazole rings is 1. The number of carbonyl (C=O) groups excluding carboxylic acids is 1. The lowest BCUT2D eigenvalue weighted by Gasteiger charge is -2.15. The number of fused-ring (bicyclic) bond motifs is 1. The smallest absolute Gasteiger partial charge is 0.251 e. The molecule has 1 N–H and O–H groups in total. The zero-order valence-electron chi connectivity index (χ0n) is 18.1. The van der Waals surface area contributed by atoms with Crippen molar-refractivity contribution in [2.45, 2.75) is 33.7 Å². The quantitative estimate of drug-likeness (QED) is 0.429. The van der Waals surface area contributed by atoms with Crippen molar-refractivity contribution < 1.29 is 4.79 Å². The highest BCUT2D eigenvalue weighted by atomic mass is 35.5. The lowest BCUT2D eigenvalue weighted by molar-refractivity contribution is 0.0954. The molecule has 0 unspecified atom stereocenters. The average molecular weight is 432 g/mol. The Morgan fingerprint density at radius 1 is 1.00 bits per heavy atom. The highest BCUT2D eigenvalue weighted by Crippen LogP contribution is 2.23. The van der Waals surface area contributed by atoms with E-state index in [9.17, 15) is 4.79 Å². The van der Waals surface area contributed by atoms with Gasteiger partial charge in [0.25, 0.3) is 5.91 Å². The number of hydrogen-bond donors (Lipinski definition) is 1. The molecule has 158 valence electrons. The summed E-state index contributed by atoms with van der Waals surface area (Å²) in [4.78, 5) is 17.3. The first-order chi connectivity index (χ1) is 14.9. The SMILES string of the molecule is Cc1cc(C)c(Cn2c(CCNC(=O)c3cccc(Cl)c3)nc3ccccc32)c(C)c1. The zero-order valence-corrected chi connectivity index (χ0v) is 18.8. The van der Waals surface area contributed by atoms with E-state index in [1.807, 2.05) is 18.2 Å².